The lowest BCUT2D eigenvalue weighted by molar-refractivity contribution is 0.189. The Hall–Kier alpha value is -1.31. The zero-order valence-corrected chi connectivity index (χ0v) is 11.3. The average molecular weight is 289 g/mol. The Bertz CT molecular complexity index is 556. The molecule has 0 unspecified atom stereocenters. The molecule has 1 fully saturated rings. The molecule has 1 aliphatic rings. The standard InChI is InChI=1S/C10H12N4O2S.ClH/c1-14-5-8(6-14)7-2-3-9(12-4-7)10(11)13-17(15)16;/h2-4,8,11H,5-6H2,1H3;1H. The highest BCUT2D eigenvalue weighted by molar-refractivity contribution is 7.62. The molecule has 1 aliphatic heterocycles. The van der Waals surface area contributed by atoms with Crippen molar-refractivity contribution >= 4 is 28.7 Å². The van der Waals surface area contributed by atoms with Crippen LogP contribution in [0.3, 0.4) is 0 Å². The van der Waals surface area contributed by atoms with E-state index in [-0.39, 0.29) is 23.9 Å². The molecule has 0 saturated carbocycles. The number of likely N-dealkylation sites (N-methyl/N-ethyl adjacent to an activating group) is 1. The predicted molar refractivity (Wildman–Crippen MR) is 69.9 cm³/mol. The fourth-order valence-corrected chi connectivity index (χ4v) is 2.06. The van der Waals surface area contributed by atoms with Crippen molar-refractivity contribution in [1.82, 2.24) is 9.88 Å². The van der Waals surface area contributed by atoms with Crippen LogP contribution in [0.1, 0.15) is 17.2 Å². The van der Waals surface area contributed by atoms with E-state index in [2.05, 4.69) is 21.3 Å². The van der Waals surface area contributed by atoms with Crippen LogP contribution in [0, 0.1) is 5.41 Å². The van der Waals surface area contributed by atoms with E-state index in [0.717, 1.165) is 18.7 Å². The van der Waals surface area contributed by atoms with E-state index in [1.54, 1.807) is 12.3 Å². The number of nitrogens with zero attached hydrogens (tertiary/aromatic N) is 3. The van der Waals surface area contributed by atoms with Crippen molar-refractivity contribution in [2.75, 3.05) is 20.1 Å². The van der Waals surface area contributed by atoms with Gasteiger partial charge in [0.05, 0.1) is 0 Å². The summed E-state index contributed by atoms with van der Waals surface area (Å²) in [5.41, 5.74) is 1.38. The van der Waals surface area contributed by atoms with Gasteiger partial charge in [-0.3, -0.25) is 10.4 Å². The van der Waals surface area contributed by atoms with Gasteiger partial charge in [0.25, 0.3) is 0 Å². The number of halogens is 1. The molecule has 6 nitrogen and oxygen atoms in total. The Labute approximate surface area is 113 Å². The zero-order valence-electron chi connectivity index (χ0n) is 9.70. The second kappa shape index (κ2) is 6.03. The number of hydrogen-bond acceptors (Lipinski definition) is 5. The monoisotopic (exact) mass is 288 g/mol. The molecule has 0 bridgehead atoms. The van der Waals surface area contributed by atoms with Crippen molar-refractivity contribution < 1.29 is 8.42 Å². The Kier molecular flexibility index (Phi) is 4.94. The summed E-state index contributed by atoms with van der Waals surface area (Å²) in [6.07, 6.45) is 1.69. The first-order chi connectivity index (χ1) is 8.06. The number of nitrogens with one attached hydrogen (secondary N) is 1. The van der Waals surface area contributed by atoms with Crippen LogP contribution in [0.25, 0.3) is 0 Å². The van der Waals surface area contributed by atoms with Gasteiger partial charge in [0.2, 0.25) is 0 Å². The van der Waals surface area contributed by atoms with E-state index in [4.69, 9.17) is 5.41 Å². The molecule has 1 aromatic heterocycles. The summed E-state index contributed by atoms with van der Waals surface area (Å²) in [6.45, 7) is 2.01. The van der Waals surface area contributed by atoms with Crippen LogP contribution in [-0.4, -0.2) is 44.3 Å². The summed E-state index contributed by atoms with van der Waals surface area (Å²) in [5, 5.41) is 7.40. The first-order valence-corrected chi connectivity index (χ1v) is 6.14. The highest BCUT2D eigenvalue weighted by Crippen LogP contribution is 2.24. The first kappa shape index (κ1) is 14.7. The summed E-state index contributed by atoms with van der Waals surface area (Å²) in [5.74, 6) is 0.150. The van der Waals surface area contributed by atoms with Crippen molar-refractivity contribution in [3.05, 3.63) is 29.6 Å². The maximum atomic E-state index is 10.3. The van der Waals surface area contributed by atoms with Gasteiger partial charge in [-0.2, -0.15) is 8.42 Å². The lowest BCUT2D eigenvalue weighted by atomic mass is 9.93. The molecule has 1 saturated heterocycles. The molecule has 1 N–H and O–H groups in total. The van der Waals surface area contributed by atoms with Gasteiger partial charge < -0.3 is 4.90 Å². The van der Waals surface area contributed by atoms with Crippen molar-refractivity contribution in [2.45, 2.75) is 5.92 Å². The molecule has 2 rings (SSSR count). The summed E-state index contributed by atoms with van der Waals surface area (Å²) in [7, 11) is -0.550. The van der Waals surface area contributed by atoms with Gasteiger partial charge in [0, 0.05) is 25.2 Å². The fourth-order valence-electron chi connectivity index (χ4n) is 1.82. The van der Waals surface area contributed by atoms with Crippen LogP contribution < -0.4 is 0 Å². The lowest BCUT2D eigenvalue weighted by Gasteiger charge is -2.36. The minimum absolute atomic E-state index is 0. The minimum atomic E-state index is -2.60. The van der Waals surface area contributed by atoms with Gasteiger partial charge in [0.1, 0.15) is 5.69 Å². The number of amidine groups is 1. The third-order valence-corrected chi connectivity index (χ3v) is 3.06. The first-order valence-electron chi connectivity index (χ1n) is 5.11. The van der Waals surface area contributed by atoms with Gasteiger partial charge in [-0.15, -0.1) is 16.8 Å². The minimum Gasteiger partial charge on any atom is -0.305 e. The zero-order chi connectivity index (χ0) is 12.4. The molecule has 1 aromatic rings. The number of pyridine rings is 1. The molecule has 0 amide bonds. The summed E-state index contributed by atoms with van der Waals surface area (Å²) < 4.78 is 23.7. The van der Waals surface area contributed by atoms with E-state index < -0.39 is 10.5 Å². The normalized spacial score (nSPS) is 15.4. The van der Waals surface area contributed by atoms with Crippen molar-refractivity contribution in [2.24, 2.45) is 4.36 Å². The predicted octanol–water partition coefficient (Wildman–Crippen LogP) is 0.920. The Balaban J connectivity index is 0.00000162. The third-order valence-electron chi connectivity index (χ3n) is 2.73. The number of rotatable bonds is 2. The van der Waals surface area contributed by atoms with Crippen LogP contribution in [0.2, 0.25) is 0 Å². The maximum absolute atomic E-state index is 10.3. The molecule has 0 aliphatic carbocycles. The van der Waals surface area contributed by atoms with E-state index in [9.17, 15) is 8.42 Å². The molecule has 0 atom stereocenters. The summed E-state index contributed by atoms with van der Waals surface area (Å²) in [6, 6.07) is 3.50. The third kappa shape index (κ3) is 3.34. The Morgan fingerprint density at radius 1 is 1.50 bits per heavy atom. The van der Waals surface area contributed by atoms with Gasteiger partial charge in [-0.05, 0) is 18.7 Å². The van der Waals surface area contributed by atoms with Gasteiger partial charge >= 0.3 is 10.5 Å². The van der Waals surface area contributed by atoms with E-state index >= 15 is 0 Å². The molecule has 0 spiro atoms. The van der Waals surface area contributed by atoms with Gasteiger partial charge in [-0.25, -0.2) is 0 Å². The Morgan fingerprint density at radius 2 is 2.17 bits per heavy atom. The van der Waals surface area contributed by atoms with Crippen LogP contribution in [-0.2, 0) is 10.5 Å². The quantitative estimate of drug-likeness (QED) is 0.647. The summed E-state index contributed by atoms with van der Waals surface area (Å²) in [4.78, 5) is 6.25. The van der Waals surface area contributed by atoms with Crippen LogP contribution in [0.15, 0.2) is 22.7 Å². The molecular weight excluding hydrogens is 276 g/mol. The van der Waals surface area contributed by atoms with Crippen molar-refractivity contribution in [3.63, 3.8) is 0 Å². The van der Waals surface area contributed by atoms with Gasteiger partial charge in [0.15, 0.2) is 5.84 Å². The molecule has 8 heteroatoms. The van der Waals surface area contributed by atoms with E-state index in [1.807, 2.05) is 6.07 Å². The van der Waals surface area contributed by atoms with Crippen molar-refractivity contribution in [3.8, 4) is 0 Å². The highest BCUT2D eigenvalue weighted by atomic mass is 35.5. The smallest absolute Gasteiger partial charge is 0.305 e. The largest absolute Gasteiger partial charge is 0.317 e. The molecule has 98 valence electrons. The number of aromatic nitrogens is 1. The van der Waals surface area contributed by atoms with Crippen LogP contribution in [0.4, 0.5) is 0 Å². The maximum Gasteiger partial charge on any atom is 0.317 e. The number of hydrogen-bond donors (Lipinski definition) is 1. The number of likely N-dealkylation sites (tertiary alicyclic amines) is 1. The average Bonchev–Trinajstić information content (AvgIpc) is 2.24. The molecule has 2 heterocycles. The fraction of sp³-hybridized carbons (Fsp3) is 0.400. The Morgan fingerprint density at radius 3 is 2.61 bits per heavy atom. The topological polar surface area (TPSA) is 86.5 Å². The second-order valence-corrected chi connectivity index (χ2v) is 4.67. The van der Waals surface area contributed by atoms with Crippen LogP contribution in [0.5, 0.6) is 0 Å². The highest BCUT2D eigenvalue weighted by Gasteiger charge is 2.24. The van der Waals surface area contributed by atoms with E-state index in [0.29, 0.717) is 5.92 Å². The van der Waals surface area contributed by atoms with Crippen LogP contribution >= 0.6 is 12.4 Å². The molecule has 0 aromatic carbocycles. The molecule has 0 radical (unpaired) electrons. The summed E-state index contributed by atoms with van der Waals surface area (Å²) >= 11 is 0. The van der Waals surface area contributed by atoms with Crippen molar-refractivity contribution in [1.29, 1.82) is 5.41 Å². The van der Waals surface area contributed by atoms with Gasteiger partial charge in [-0.1, -0.05) is 6.07 Å². The second-order valence-electron chi connectivity index (χ2n) is 4.05. The molecule has 18 heavy (non-hydrogen) atoms. The molecular formula is C10H13ClN4O2S. The SMILES string of the molecule is CN1CC(c2ccc(C(=N)N=S(=O)=O)nc2)C1.Cl. The lowest BCUT2D eigenvalue weighted by Crippen LogP contribution is -2.41. The van der Waals surface area contributed by atoms with E-state index in [1.165, 1.54) is 0 Å².